The number of carbonyl (C=O) groups is 1. The lowest BCUT2D eigenvalue weighted by Crippen LogP contribution is -2.28. The van der Waals surface area contributed by atoms with E-state index in [-0.39, 0.29) is 18.4 Å². The summed E-state index contributed by atoms with van der Waals surface area (Å²) in [5.74, 6) is 0.669. The first-order valence-electron chi connectivity index (χ1n) is 7.37. The molecular weight excluding hydrogens is 314 g/mol. The predicted octanol–water partition coefficient (Wildman–Crippen LogP) is 2.51. The molecule has 1 unspecified atom stereocenters. The summed E-state index contributed by atoms with van der Waals surface area (Å²) >= 11 is 1.38. The van der Waals surface area contributed by atoms with Crippen molar-refractivity contribution >= 4 is 22.4 Å². The van der Waals surface area contributed by atoms with E-state index in [4.69, 9.17) is 15.2 Å². The minimum atomic E-state index is -0.277. The molecule has 7 heteroatoms. The van der Waals surface area contributed by atoms with Crippen LogP contribution in [0.4, 0.5) is 5.13 Å². The molecule has 0 saturated heterocycles. The SMILES string of the molecule is CCOc1ccc(-c2csc(NC(=O)CC(CN)OC)n2)cc1. The maximum atomic E-state index is 11.9. The van der Waals surface area contributed by atoms with Gasteiger partial charge in [0.2, 0.25) is 5.91 Å². The molecule has 0 bridgehead atoms. The van der Waals surface area contributed by atoms with Crippen molar-refractivity contribution in [3.05, 3.63) is 29.6 Å². The Balaban J connectivity index is 1.98. The number of anilines is 1. The zero-order valence-electron chi connectivity index (χ0n) is 13.2. The van der Waals surface area contributed by atoms with Gasteiger partial charge >= 0.3 is 0 Å². The first-order valence-corrected chi connectivity index (χ1v) is 8.25. The monoisotopic (exact) mass is 335 g/mol. The van der Waals surface area contributed by atoms with E-state index < -0.39 is 0 Å². The highest BCUT2D eigenvalue weighted by Crippen LogP contribution is 2.26. The predicted molar refractivity (Wildman–Crippen MR) is 91.8 cm³/mol. The average Bonchev–Trinajstić information content (AvgIpc) is 3.02. The normalized spacial score (nSPS) is 12.0. The van der Waals surface area contributed by atoms with Crippen LogP contribution in [0.25, 0.3) is 11.3 Å². The van der Waals surface area contributed by atoms with E-state index in [1.165, 1.54) is 18.4 Å². The molecule has 124 valence electrons. The zero-order valence-corrected chi connectivity index (χ0v) is 14.1. The largest absolute Gasteiger partial charge is 0.494 e. The van der Waals surface area contributed by atoms with E-state index in [9.17, 15) is 4.79 Å². The van der Waals surface area contributed by atoms with E-state index in [2.05, 4.69) is 10.3 Å². The molecule has 0 aliphatic heterocycles. The molecule has 0 spiro atoms. The topological polar surface area (TPSA) is 86.5 Å². The van der Waals surface area contributed by atoms with Crippen LogP contribution in [0.2, 0.25) is 0 Å². The average molecular weight is 335 g/mol. The Bertz CT molecular complexity index is 624. The van der Waals surface area contributed by atoms with Crippen molar-refractivity contribution in [1.29, 1.82) is 0 Å². The van der Waals surface area contributed by atoms with Gasteiger partial charge in [0.05, 0.1) is 24.8 Å². The number of aromatic nitrogens is 1. The molecule has 0 radical (unpaired) electrons. The number of thiazole rings is 1. The number of methoxy groups -OCH3 is 1. The quantitative estimate of drug-likeness (QED) is 0.774. The molecule has 23 heavy (non-hydrogen) atoms. The smallest absolute Gasteiger partial charge is 0.228 e. The Morgan fingerprint density at radius 1 is 1.39 bits per heavy atom. The van der Waals surface area contributed by atoms with Crippen LogP contribution in [0, 0.1) is 0 Å². The second-order valence-electron chi connectivity index (χ2n) is 4.84. The molecule has 0 saturated carbocycles. The fraction of sp³-hybridized carbons (Fsp3) is 0.375. The number of ether oxygens (including phenoxy) is 2. The van der Waals surface area contributed by atoms with Gasteiger partial charge in [-0.3, -0.25) is 4.79 Å². The van der Waals surface area contributed by atoms with Gasteiger partial charge in [0.1, 0.15) is 5.75 Å². The second-order valence-corrected chi connectivity index (χ2v) is 5.70. The number of nitrogens with one attached hydrogen (secondary N) is 1. The van der Waals surface area contributed by atoms with Crippen molar-refractivity contribution in [1.82, 2.24) is 4.98 Å². The van der Waals surface area contributed by atoms with Crippen LogP contribution in [0.1, 0.15) is 13.3 Å². The summed E-state index contributed by atoms with van der Waals surface area (Å²) < 4.78 is 10.5. The fourth-order valence-corrected chi connectivity index (χ4v) is 2.73. The van der Waals surface area contributed by atoms with Gasteiger partial charge in [-0.25, -0.2) is 4.98 Å². The van der Waals surface area contributed by atoms with Crippen molar-refractivity contribution in [3.63, 3.8) is 0 Å². The van der Waals surface area contributed by atoms with Crippen LogP contribution >= 0.6 is 11.3 Å². The van der Waals surface area contributed by atoms with Gasteiger partial charge in [-0.15, -0.1) is 11.3 Å². The summed E-state index contributed by atoms with van der Waals surface area (Å²) in [7, 11) is 1.54. The summed E-state index contributed by atoms with van der Waals surface area (Å²) in [5, 5.41) is 5.24. The molecule has 2 rings (SSSR count). The summed E-state index contributed by atoms with van der Waals surface area (Å²) in [5.41, 5.74) is 7.30. The lowest BCUT2D eigenvalue weighted by atomic mass is 10.2. The molecular formula is C16H21N3O3S. The third kappa shape index (κ3) is 5.02. The van der Waals surface area contributed by atoms with Crippen LogP contribution in [0.5, 0.6) is 5.75 Å². The number of nitrogens with two attached hydrogens (primary N) is 1. The van der Waals surface area contributed by atoms with Crippen molar-refractivity contribution in [3.8, 4) is 17.0 Å². The number of amides is 1. The zero-order chi connectivity index (χ0) is 16.7. The Morgan fingerprint density at radius 3 is 2.74 bits per heavy atom. The first-order chi connectivity index (χ1) is 11.2. The Labute approximate surface area is 139 Å². The van der Waals surface area contributed by atoms with Gasteiger partial charge in [0, 0.05) is 24.6 Å². The van der Waals surface area contributed by atoms with E-state index in [0.717, 1.165) is 17.0 Å². The molecule has 1 heterocycles. The highest BCUT2D eigenvalue weighted by Gasteiger charge is 2.13. The Hall–Kier alpha value is -1.96. The highest BCUT2D eigenvalue weighted by atomic mass is 32.1. The van der Waals surface area contributed by atoms with Crippen molar-refractivity contribution in [2.75, 3.05) is 25.6 Å². The molecule has 0 aliphatic rings. The fourth-order valence-electron chi connectivity index (χ4n) is 1.99. The van der Waals surface area contributed by atoms with Crippen molar-refractivity contribution < 1.29 is 14.3 Å². The minimum absolute atomic E-state index is 0.158. The van der Waals surface area contributed by atoms with Gasteiger partial charge in [0.25, 0.3) is 0 Å². The number of hydrogen-bond acceptors (Lipinski definition) is 6. The van der Waals surface area contributed by atoms with E-state index in [1.807, 2.05) is 36.6 Å². The van der Waals surface area contributed by atoms with Crippen LogP contribution in [-0.4, -0.2) is 37.3 Å². The Morgan fingerprint density at radius 2 is 2.13 bits per heavy atom. The first kappa shape index (κ1) is 17.4. The minimum Gasteiger partial charge on any atom is -0.494 e. The highest BCUT2D eigenvalue weighted by molar-refractivity contribution is 7.14. The summed E-state index contributed by atoms with van der Waals surface area (Å²) in [6, 6.07) is 7.70. The van der Waals surface area contributed by atoms with Crippen molar-refractivity contribution in [2.24, 2.45) is 5.73 Å². The maximum Gasteiger partial charge on any atom is 0.228 e. The van der Waals surface area contributed by atoms with Gasteiger partial charge in [0.15, 0.2) is 5.13 Å². The standard InChI is InChI=1S/C16H21N3O3S/c1-3-22-12-6-4-11(5-7-12)14-10-23-16(18-14)19-15(20)8-13(9-17)21-2/h4-7,10,13H,3,8-9,17H2,1-2H3,(H,18,19,20). The lowest BCUT2D eigenvalue weighted by molar-refractivity contribution is -0.118. The second kappa shape index (κ2) is 8.61. The molecule has 1 amide bonds. The third-order valence-electron chi connectivity index (χ3n) is 3.22. The lowest BCUT2D eigenvalue weighted by Gasteiger charge is -2.11. The molecule has 6 nitrogen and oxygen atoms in total. The summed E-state index contributed by atoms with van der Waals surface area (Å²) in [6.07, 6.45) is -0.0640. The van der Waals surface area contributed by atoms with E-state index >= 15 is 0 Å². The number of nitrogens with zero attached hydrogens (tertiary/aromatic N) is 1. The van der Waals surface area contributed by atoms with E-state index in [1.54, 1.807) is 0 Å². The molecule has 1 aromatic carbocycles. The maximum absolute atomic E-state index is 11.9. The number of hydrogen-bond donors (Lipinski definition) is 2. The number of rotatable bonds is 8. The molecule has 2 aromatic rings. The summed E-state index contributed by atoms with van der Waals surface area (Å²) in [6.45, 7) is 2.89. The molecule has 0 aliphatic carbocycles. The third-order valence-corrected chi connectivity index (χ3v) is 3.98. The van der Waals surface area contributed by atoms with Crippen LogP contribution in [0.3, 0.4) is 0 Å². The van der Waals surface area contributed by atoms with Crippen LogP contribution < -0.4 is 15.8 Å². The number of carbonyl (C=O) groups excluding carboxylic acids is 1. The van der Waals surface area contributed by atoms with Gasteiger partial charge in [-0.2, -0.15) is 0 Å². The van der Waals surface area contributed by atoms with Gasteiger partial charge < -0.3 is 20.5 Å². The van der Waals surface area contributed by atoms with E-state index in [0.29, 0.717) is 18.3 Å². The van der Waals surface area contributed by atoms with Gasteiger partial charge in [-0.1, -0.05) is 0 Å². The summed E-state index contributed by atoms with van der Waals surface area (Å²) in [4.78, 5) is 16.3. The molecule has 1 aromatic heterocycles. The van der Waals surface area contributed by atoms with Crippen LogP contribution in [-0.2, 0) is 9.53 Å². The number of benzene rings is 1. The van der Waals surface area contributed by atoms with Crippen LogP contribution in [0.15, 0.2) is 29.6 Å². The Kier molecular flexibility index (Phi) is 6.52. The molecule has 0 fully saturated rings. The molecule has 3 N–H and O–H groups in total. The van der Waals surface area contributed by atoms with Crippen molar-refractivity contribution in [2.45, 2.75) is 19.4 Å². The van der Waals surface area contributed by atoms with Gasteiger partial charge in [-0.05, 0) is 31.2 Å². The molecule has 1 atom stereocenters.